The smallest absolute Gasteiger partial charge is 0.157 e. The van der Waals surface area contributed by atoms with Gasteiger partial charge in [0.1, 0.15) is 6.10 Å². The molecule has 0 heterocycles. The first-order valence-corrected chi connectivity index (χ1v) is 4.17. The van der Waals surface area contributed by atoms with Crippen LogP contribution in [0.5, 0.6) is 0 Å². The van der Waals surface area contributed by atoms with Crippen molar-refractivity contribution >= 4 is 29.0 Å². The number of hydrogen-bond acceptors (Lipinski definition) is 2. The first-order chi connectivity index (χ1) is 5.48. The van der Waals surface area contributed by atoms with Crippen molar-refractivity contribution in [1.29, 1.82) is 0 Å². The number of Topliss-reactive ketones (excluding diaryl/α,β-unsaturated/α-hetero) is 1. The predicted octanol–water partition coefficient (Wildman–Crippen LogP) is 1.61. The van der Waals surface area contributed by atoms with Gasteiger partial charge in [-0.2, -0.15) is 0 Å². The minimum atomic E-state index is -1.38. The van der Waals surface area contributed by atoms with Crippen molar-refractivity contribution in [3.8, 4) is 0 Å². The molecule has 12 heavy (non-hydrogen) atoms. The highest BCUT2D eigenvalue weighted by atomic mass is 35.5. The minimum absolute atomic E-state index is 0.183. The van der Waals surface area contributed by atoms with Crippen LogP contribution in [0.25, 0.3) is 0 Å². The van der Waals surface area contributed by atoms with Crippen molar-refractivity contribution in [2.75, 3.05) is 0 Å². The van der Waals surface area contributed by atoms with Crippen LogP contribution in [0.1, 0.15) is 6.92 Å². The van der Waals surface area contributed by atoms with Gasteiger partial charge in [-0.15, -0.1) is 11.6 Å². The van der Waals surface area contributed by atoms with Crippen LogP contribution in [0.2, 0.25) is 0 Å². The Morgan fingerprint density at radius 1 is 1.75 bits per heavy atom. The molecule has 0 aromatic carbocycles. The van der Waals surface area contributed by atoms with Crippen molar-refractivity contribution in [3.05, 3.63) is 23.3 Å². The quantitative estimate of drug-likeness (QED) is 0.663. The van der Waals surface area contributed by atoms with Gasteiger partial charge in [0, 0.05) is 5.03 Å². The van der Waals surface area contributed by atoms with Gasteiger partial charge in [-0.3, -0.25) is 4.79 Å². The van der Waals surface area contributed by atoms with Crippen LogP contribution in [0.15, 0.2) is 23.3 Å². The van der Waals surface area contributed by atoms with E-state index in [1.54, 1.807) is 6.08 Å². The molecule has 0 radical (unpaired) electrons. The number of carbonyl (C=O) groups is 1. The average molecular weight is 207 g/mol. The molecule has 66 valence electrons. The summed E-state index contributed by atoms with van der Waals surface area (Å²) < 4.78 is 0. The Morgan fingerprint density at radius 3 is 2.75 bits per heavy atom. The zero-order valence-corrected chi connectivity index (χ0v) is 7.93. The fourth-order valence-electron chi connectivity index (χ4n) is 0.973. The summed E-state index contributed by atoms with van der Waals surface area (Å²) in [7, 11) is 0. The van der Waals surface area contributed by atoms with Gasteiger partial charge in [0.05, 0.1) is 0 Å². The van der Waals surface area contributed by atoms with Gasteiger partial charge in [0.25, 0.3) is 0 Å². The molecule has 0 spiro atoms. The molecule has 0 amide bonds. The monoisotopic (exact) mass is 206 g/mol. The van der Waals surface area contributed by atoms with Crippen molar-refractivity contribution in [2.45, 2.75) is 17.9 Å². The molecule has 0 aliphatic heterocycles. The number of hydrogen-bond donors (Lipinski definition) is 1. The summed E-state index contributed by atoms with van der Waals surface area (Å²) >= 11 is 11.5. The van der Waals surface area contributed by atoms with Crippen LogP contribution >= 0.6 is 23.2 Å². The summed E-state index contributed by atoms with van der Waals surface area (Å²) in [6.45, 7) is 1.32. The van der Waals surface area contributed by atoms with Crippen LogP contribution in [0.4, 0.5) is 0 Å². The summed E-state index contributed by atoms with van der Waals surface area (Å²) in [4.78, 5) is 9.66. The highest BCUT2D eigenvalue weighted by Crippen LogP contribution is 2.32. The van der Waals surface area contributed by atoms with E-state index in [-0.39, 0.29) is 10.8 Å². The summed E-state index contributed by atoms with van der Waals surface area (Å²) in [5.41, 5.74) is 0. The molecule has 2 unspecified atom stereocenters. The Bertz CT molecular complexity index is 270. The molecule has 0 fully saturated rings. The topological polar surface area (TPSA) is 37.3 Å². The largest absolute Gasteiger partial charge is 0.385 e. The van der Waals surface area contributed by atoms with E-state index in [9.17, 15) is 9.90 Å². The van der Waals surface area contributed by atoms with Crippen molar-refractivity contribution in [3.63, 3.8) is 0 Å². The highest BCUT2D eigenvalue weighted by Gasteiger charge is 2.41. The van der Waals surface area contributed by atoms with E-state index in [1.165, 1.54) is 19.1 Å². The fourth-order valence-corrected chi connectivity index (χ4v) is 1.46. The number of rotatable bonds is 1. The minimum Gasteiger partial charge on any atom is -0.385 e. The van der Waals surface area contributed by atoms with E-state index in [4.69, 9.17) is 23.2 Å². The molecular weight excluding hydrogens is 199 g/mol. The lowest BCUT2D eigenvalue weighted by molar-refractivity contribution is -0.120. The first-order valence-electron chi connectivity index (χ1n) is 3.41. The maximum atomic E-state index is 11.0. The summed E-state index contributed by atoms with van der Waals surface area (Å²) in [5.74, 6) is -0.320. The molecule has 4 heteroatoms. The Hall–Kier alpha value is -0.310. The van der Waals surface area contributed by atoms with E-state index in [0.717, 1.165) is 0 Å². The zero-order valence-electron chi connectivity index (χ0n) is 6.42. The Kier molecular flexibility index (Phi) is 2.61. The Morgan fingerprint density at radius 2 is 2.33 bits per heavy atom. The van der Waals surface area contributed by atoms with Crippen molar-refractivity contribution in [1.82, 2.24) is 0 Å². The molecule has 1 rings (SSSR count). The van der Waals surface area contributed by atoms with E-state index in [1.807, 2.05) is 0 Å². The molecule has 2 atom stereocenters. The van der Waals surface area contributed by atoms with E-state index >= 15 is 0 Å². The lowest BCUT2D eigenvalue weighted by atomic mass is 9.93. The third kappa shape index (κ3) is 1.42. The van der Waals surface area contributed by atoms with E-state index < -0.39 is 11.0 Å². The van der Waals surface area contributed by atoms with Crippen molar-refractivity contribution in [2.24, 2.45) is 0 Å². The lowest BCUT2D eigenvalue weighted by Crippen LogP contribution is -2.42. The molecule has 0 saturated carbocycles. The zero-order chi connectivity index (χ0) is 9.35. The third-order valence-electron chi connectivity index (χ3n) is 1.79. The predicted molar refractivity (Wildman–Crippen MR) is 48.3 cm³/mol. The Labute approximate surface area is 80.5 Å². The maximum absolute atomic E-state index is 11.0. The average Bonchev–Trinajstić information content (AvgIpc) is 2.00. The normalized spacial score (nSPS) is 34.7. The molecular formula is C8H8Cl2O2. The third-order valence-corrected chi connectivity index (χ3v) is 2.72. The van der Waals surface area contributed by atoms with Crippen LogP contribution in [-0.2, 0) is 4.79 Å². The van der Waals surface area contributed by atoms with Gasteiger partial charge in [-0.1, -0.05) is 23.8 Å². The maximum Gasteiger partial charge on any atom is 0.157 e. The molecule has 0 aromatic heterocycles. The number of allylic oxidation sites excluding steroid dienone is 2. The fraction of sp³-hybridized carbons (Fsp3) is 0.375. The number of aliphatic hydroxyl groups excluding tert-OH is 1. The van der Waals surface area contributed by atoms with Crippen LogP contribution < -0.4 is 0 Å². The Balaban J connectivity index is 3.03. The highest BCUT2D eigenvalue weighted by molar-refractivity contribution is 6.40. The standard InChI is InChI=1S/C8H8Cl2O2/c1-5(11)8(10)4-2-3-6(9)7(8)12/h2-4,7,12H,1H3. The van der Waals surface area contributed by atoms with Gasteiger partial charge in [0.2, 0.25) is 0 Å². The second kappa shape index (κ2) is 3.21. The summed E-state index contributed by atoms with van der Waals surface area (Å²) in [5, 5.41) is 9.65. The van der Waals surface area contributed by atoms with E-state index in [2.05, 4.69) is 0 Å². The number of ketones is 1. The number of carbonyl (C=O) groups excluding carboxylic acids is 1. The molecule has 0 aromatic rings. The SMILES string of the molecule is CC(=O)C1(Cl)C=CC=C(Cl)C1O. The van der Waals surface area contributed by atoms with Gasteiger partial charge >= 0.3 is 0 Å². The number of aliphatic hydroxyl groups is 1. The van der Waals surface area contributed by atoms with Gasteiger partial charge in [0.15, 0.2) is 10.7 Å². The van der Waals surface area contributed by atoms with Gasteiger partial charge in [-0.05, 0) is 13.0 Å². The van der Waals surface area contributed by atoms with Crippen LogP contribution in [-0.4, -0.2) is 21.9 Å². The summed E-state index contributed by atoms with van der Waals surface area (Å²) in [6.07, 6.45) is 3.37. The lowest BCUT2D eigenvalue weighted by Gasteiger charge is -2.28. The number of alkyl halides is 1. The summed E-state index contributed by atoms with van der Waals surface area (Å²) in [6, 6.07) is 0. The molecule has 2 nitrogen and oxygen atoms in total. The number of halogens is 2. The van der Waals surface area contributed by atoms with Gasteiger partial charge in [-0.25, -0.2) is 0 Å². The molecule has 0 bridgehead atoms. The second-order valence-corrected chi connectivity index (χ2v) is 3.70. The second-order valence-electron chi connectivity index (χ2n) is 2.64. The van der Waals surface area contributed by atoms with Gasteiger partial charge < -0.3 is 5.11 Å². The first kappa shape index (κ1) is 9.78. The molecule has 0 saturated heterocycles. The molecule has 1 aliphatic carbocycles. The van der Waals surface area contributed by atoms with E-state index in [0.29, 0.717) is 0 Å². The van der Waals surface area contributed by atoms with Crippen molar-refractivity contribution < 1.29 is 9.90 Å². The van der Waals surface area contributed by atoms with Crippen LogP contribution in [0, 0.1) is 0 Å². The molecule has 1 aliphatic rings. The molecule has 1 N–H and O–H groups in total. The van der Waals surface area contributed by atoms with Crippen LogP contribution in [0.3, 0.4) is 0 Å².